The van der Waals surface area contributed by atoms with Gasteiger partial charge >= 0.3 is 0 Å². The summed E-state index contributed by atoms with van der Waals surface area (Å²) in [6.07, 6.45) is 10.7. The van der Waals surface area contributed by atoms with E-state index in [0.29, 0.717) is 0 Å². The molecule has 1 rings (SSSR count). The minimum Gasteiger partial charge on any atom is -0.314 e. The Balaban J connectivity index is 2.12. The second-order valence-corrected chi connectivity index (χ2v) is 6.65. The van der Waals surface area contributed by atoms with Crippen molar-refractivity contribution in [2.75, 3.05) is 18.6 Å². The molecule has 0 aromatic rings. The van der Waals surface area contributed by atoms with Gasteiger partial charge in [0.1, 0.15) is 0 Å². The van der Waals surface area contributed by atoms with Crippen LogP contribution in [0.15, 0.2) is 0 Å². The first-order chi connectivity index (χ1) is 7.72. The van der Waals surface area contributed by atoms with E-state index in [1.807, 2.05) is 11.8 Å². The smallest absolute Gasteiger partial charge is 0.00697 e. The van der Waals surface area contributed by atoms with Crippen LogP contribution in [0, 0.1) is 11.8 Å². The molecule has 0 spiro atoms. The van der Waals surface area contributed by atoms with Gasteiger partial charge in [-0.1, -0.05) is 26.7 Å². The van der Waals surface area contributed by atoms with E-state index in [1.165, 1.54) is 50.8 Å². The maximum atomic E-state index is 3.75. The quantitative estimate of drug-likeness (QED) is 0.680. The van der Waals surface area contributed by atoms with E-state index in [-0.39, 0.29) is 0 Å². The predicted octanol–water partition coefficient (Wildman–Crippen LogP) is 3.93. The molecule has 0 aliphatic heterocycles. The van der Waals surface area contributed by atoms with Crippen LogP contribution in [0.25, 0.3) is 0 Å². The molecule has 2 atom stereocenters. The van der Waals surface area contributed by atoms with Crippen LogP contribution in [-0.2, 0) is 0 Å². The minimum atomic E-state index is 0.819. The average Bonchev–Trinajstić information content (AvgIpc) is 2.24. The molecule has 1 aliphatic rings. The van der Waals surface area contributed by atoms with Crippen LogP contribution in [0.2, 0.25) is 0 Å². The number of hydrogen-bond acceptors (Lipinski definition) is 2. The Labute approximate surface area is 106 Å². The average molecular weight is 243 g/mol. The summed E-state index contributed by atoms with van der Waals surface area (Å²) in [6, 6.07) is 0.819. The molecule has 1 nitrogen and oxygen atoms in total. The highest BCUT2D eigenvalue weighted by Crippen LogP contribution is 2.29. The molecule has 1 fully saturated rings. The zero-order valence-corrected chi connectivity index (χ0v) is 12.1. The van der Waals surface area contributed by atoms with Gasteiger partial charge in [0.05, 0.1) is 0 Å². The topological polar surface area (TPSA) is 12.0 Å². The maximum Gasteiger partial charge on any atom is 0.00697 e. The molecule has 1 N–H and O–H groups in total. The molecule has 0 saturated heterocycles. The summed E-state index contributed by atoms with van der Waals surface area (Å²) in [5.74, 6) is 3.17. The van der Waals surface area contributed by atoms with Crippen molar-refractivity contribution in [1.29, 1.82) is 0 Å². The molecule has 1 aliphatic carbocycles. The lowest BCUT2D eigenvalue weighted by atomic mass is 9.81. The second-order valence-electron chi connectivity index (χ2n) is 5.66. The SMILES string of the molecule is CSCCCNC1CCCC(CC(C)C)C1. The Morgan fingerprint density at radius 2 is 2.12 bits per heavy atom. The lowest BCUT2D eigenvalue weighted by molar-refractivity contribution is 0.253. The van der Waals surface area contributed by atoms with Gasteiger partial charge in [-0.05, 0) is 56.1 Å². The first-order valence-electron chi connectivity index (χ1n) is 6.94. The number of rotatable bonds is 7. The lowest BCUT2D eigenvalue weighted by Crippen LogP contribution is -2.35. The van der Waals surface area contributed by atoms with Gasteiger partial charge in [-0.25, -0.2) is 0 Å². The van der Waals surface area contributed by atoms with Gasteiger partial charge < -0.3 is 5.32 Å². The highest BCUT2D eigenvalue weighted by atomic mass is 32.2. The van der Waals surface area contributed by atoms with Crippen molar-refractivity contribution >= 4 is 11.8 Å². The highest BCUT2D eigenvalue weighted by Gasteiger charge is 2.21. The molecule has 2 unspecified atom stereocenters. The van der Waals surface area contributed by atoms with Crippen molar-refractivity contribution < 1.29 is 0 Å². The van der Waals surface area contributed by atoms with Crippen LogP contribution in [0.1, 0.15) is 52.4 Å². The lowest BCUT2D eigenvalue weighted by Gasteiger charge is -2.31. The monoisotopic (exact) mass is 243 g/mol. The van der Waals surface area contributed by atoms with E-state index in [9.17, 15) is 0 Å². The van der Waals surface area contributed by atoms with E-state index >= 15 is 0 Å². The van der Waals surface area contributed by atoms with Gasteiger partial charge in [0.2, 0.25) is 0 Å². The highest BCUT2D eigenvalue weighted by molar-refractivity contribution is 7.98. The van der Waals surface area contributed by atoms with E-state index < -0.39 is 0 Å². The molecule has 0 bridgehead atoms. The van der Waals surface area contributed by atoms with Gasteiger partial charge in [-0.3, -0.25) is 0 Å². The van der Waals surface area contributed by atoms with E-state index in [2.05, 4.69) is 25.4 Å². The van der Waals surface area contributed by atoms with E-state index in [1.54, 1.807) is 0 Å². The van der Waals surface area contributed by atoms with Crippen LogP contribution in [-0.4, -0.2) is 24.6 Å². The fourth-order valence-electron chi connectivity index (χ4n) is 2.88. The van der Waals surface area contributed by atoms with Gasteiger partial charge in [0.15, 0.2) is 0 Å². The van der Waals surface area contributed by atoms with E-state index in [4.69, 9.17) is 0 Å². The molecule has 0 radical (unpaired) electrons. The summed E-state index contributed by atoms with van der Waals surface area (Å²) >= 11 is 1.96. The van der Waals surface area contributed by atoms with Crippen molar-refractivity contribution in [1.82, 2.24) is 5.32 Å². The zero-order chi connectivity index (χ0) is 11.8. The van der Waals surface area contributed by atoms with Crippen molar-refractivity contribution in [2.24, 2.45) is 11.8 Å². The summed E-state index contributed by atoms with van der Waals surface area (Å²) < 4.78 is 0. The van der Waals surface area contributed by atoms with Crippen molar-refractivity contribution in [2.45, 2.75) is 58.4 Å². The third kappa shape index (κ3) is 6.15. The van der Waals surface area contributed by atoms with Crippen molar-refractivity contribution in [3.8, 4) is 0 Å². The molecule has 0 amide bonds. The standard InChI is InChI=1S/C14H29NS/c1-12(2)10-13-6-4-7-14(11-13)15-8-5-9-16-3/h12-15H,4-11H2,1-3H3. The predicted molar refractivity (Wildman–Crippen MR) is 76.2 cm³/mol. The van der Waals surface area contributed by atoms with Gasteiger partial charge in [-0.2, -0.15) is 11.8 Å². The third-order valence-corrected chi connectivity index (χ3v) is 4.24. The van der Waals surface area contributed by atoms with Crippen molar-refractivity contribution in [3.63, 3.8) is 0 Å². The fourth-order valence-corrected chi connectivity index (χ4v) is 3.31. The first-order valence-corrected chi connectivity index (χ1v) is 8.34. The molecule has 0 heterocycles. The molecular weight excluding hydrogens is 214 g/mol. The summed E-state index contributed by atoms with van der Waals surface area (Å²) in [7, 11) is 0. The van der Waals surface area contributed by atoms with Crippen LogP contribution in [0.5, 0.6) is 0 Å². The van der Waals surface area contributed by atoms with Crippen LogP contribution in [0.4, 0.5) is 0 Å². The van der Waals surface area contributed by atoms with Crippen LogP contribution >= 0.6 is 11.8 Å². The van der Waals surface area contributed by atoms with Gasteiger partial charge in [-0.15, -0.1) is 0 Å². The molecular formula is C14H29NS. The van der Waals surface area contributed by atoms with Gasteiger partial charge in [0, 0.05) is 6.04 Å². The molecule has 0 aromatic heterocycles. The molecule has 0 aromatic carbocycles. The van der Waals surface area contributed by atoms with Crippen LogP contribution < -0.4 is 5.32 Å². The molecule has 1 saturated carbocycles. The Morgan fingerprint density at radius 1 is 1.31 bits per heavy atom. The summed E-state index contributed by atoms with van der Waals surface area (Å²) in [5, 5.41) is 3.75. The largest absolute Gasteiger partial charge is 0.314 e. The minimum absolute atomic E-state index is 0.819. The first kappa shape index (κ1) is 14.4. The van der Waals surface area contributed by atoms with Crippen molar-refractivity contribution in [3.05, 3.63) is 0 Å². The fraction of sp³-hybridized carbons (Fsp3) is 1.00. The zero-order valence-electron chi connectivity index (χ0n) is 11.3. The maximum absolute atomic E-state index is 3.75. The Kier molecular flexibility index (Phi) is 7.55. The summed E-state index contributed by atoms with van der Waals surface area (Å²) in [4.78, 5) is 0. The number of thioether (sulfide) groups is 1. The Bertz CT molecular complexity index is 170. The number of hydrogen-bond donors (Lipinski definition) is 1. The van der Waals surface area contributed by atoms with Crippen LogP contribution in [0.3, 0.4) is 0 Å². The second kappa shape index (κ2) is 8.41. The summed E-state index contributed by atoms with van der Waals surface area (Å²) in [5.41, 5.74) is 0. The normalized spacial score (nSPS) is 26.2. The molecule has 2 heteroatoms. The number of nitrogens with one attached hydrogen (secondary N) is 1. The Morgan fingerprint density at radius 3 is 2.81 bits per heavy atom. The van der Waals surface area contributed by atoms with E-state index in [0.717, 1.165) is 17.9 Å². The Hall–Kier alpha value is 0.310. The molecule has 96 valence electrons. The van der Waals surface area contributed by atoms with Gasteiger partial charge in [0.25, 0.3) is 0 Å². The molecule has 16 heavy (non-hydrogen) atoms. The summed E-state index contributed by atoms with van der Waals surface area (Å²) in [6.45, 7) is 5.94. The third-order valence-electron chi connectivity index (χ3n) is 3.55.